The number of aliphatic carboxylic acids is 3. The lowest BCUT2D eigenvalue weighted by Gasteiger charge is -2.16. The number of carbonyl (C=O) groups excluding carboxylic acids is 2. The van der Waals surface area contributed by atoms with E-state index in [9.17, 15) is 34.2 Å². The first-order chi connectivity index (χ1) is 13.6. The van der Waals surface area contributed by atoms with Crippen LogP contribution in [0, 0.1) is 11.8 Å². The molecular weight excluding hydrogens is 384 g/mol. The van der Waals surface area contributed by atoms with Crippen LogP contribution in [0.2, 0.25) is 0 Å². The van der Waals surface area contributed by atoms with Gasteiger partial charge in [0.15, 0.2) is 0 Å². The van der Waals surface area contributed by atoms with Crippen LogP contribution in [0.3, 0.4) is 0 Å². The minimum atomic E-state index is -1.51. The lowest BCUT2D eigenvalue weighted by molar-refractivity contribution is -0.151. The first-order valence-corrected chi connectivity index (χ1v) is 9.18. The monoisotopic (exact) mass is 408 g/mol. The second-order valence-corrected chi connectivity index (χ2v) is 6.50. The van der Waals surface area contributed by atoms with Gasteiger partial charge in [-0.25, -0.2) is 14.4 Å². The van der Waals surface area contributed by atoms with Crippen LogP contribution in [0.1, 0.15) is 46.0 Å². The molecule has 2 unspecified atom stereocenters. The maximum atomic E-state index is 12.0. The average molecular weight is 408 g/mol. The molecule has 3 N–H and O–H groups in total. The Morgan fingerprint density at radius 1 is 1.07 bits per heavy atom. The predicted octanol–water partition coefficient (Wildman–Crippen LogP) is 2.33. The van der Waals surface area contributed by atoms with Crippen molar-refractivity contribution in [2.75, 3.05) is 0 Å². The molecule has 158 valence electrons. The second-order valence-electron chi connectivity index (χ2n) is 6.50. The molecule has 1 aliphatic heterocycles. The Morgan fingerprint density at radius 2 is 1.72 bits per heavy atom. The molecule has 0 saturated carbocycles. The van der Waals surface area contributed by atoms with Gasteiger partial charge in [0.05, 0.1) is 17.1 Å². The van der Waals surface area contributed by atoms with E-state index in [0.717, 1.165) is 0 Å². The van der Waals surface area contributed by atoms with Crippen molar-refractivity contribution in [3.05, 3.63) is 34.9 Å². The third-order valence-electron chi connectivity index (χ3n) is 4.47. The van der Waals surface area contributed by atoms with E-state index in [1.165, 1.54) is 12.2 Å². The van der Waals surface area contributed by atoms with Crippen molar-refractivity contribution in [2.45, 2.75) is 46.0 Å². The Morgan fingerprint density at radius 3 is 2.21 bits per heavy atom. The summed E-state index contributed by atoms with van der Waals surface area (Å²) < 4.78 is 4.63. The van der Waals surface area contributed by atoms with Crippen molar-refractivity contribution in [1.82, 2.24) is 0 Å². The van der Waals surface area contributed by atoms with Crippen LogP contribution < -0.4 is 0 Å². The van der Waals surface area contributed by atoms with Crippen LogP contribution in [0.4, 0.5) is 0 Å². The molecule has 0 spiro atoms. The lowest BCUT2D eigenvalue weighted by Crippen LogP contribution is -2.23. The van der Waals surface area contributed by atoms with Crippen molar-refractivity contribution in [2.24, 2.45) is 11.8 Å². The molecule has 29 heavy (non-hydrogen) atoms. The molecule has 0 saturated heterocycles. The highest BCUT2D eigenvalue weighted by Gasteiger charge is 2.33. The summed E-state index contributed by atoms with van der Waals surface area (Å²) in [5.74, 6) is -7.83. The van der Waals surface area contributed by atoms with Gasteiger partial charge in [-0.2, -0.15) is 0 Å². The molecule has 9 heteroatoms. The summed E-state index contributed by atoms with van der Waals surface area (Å²) in [5, 5.41) is 27.6. The maximum absolute atomic E-state index is 12.0. The molecule has 0 amide bonds. The highest BCUT2D eigenvalue weighted by molar-refractivity contribution is 6.14. The number of esters is 2. The Hall–Kier alpha value is -3.23. The number of ether oxygens (including phenoxy) is 1. The van der Waals surface area contributed by atoms with Gasteiger partial charge in [-0.05, 0) is 31.6 Å². The lowest BCUT2D eigenvalue weighted by atomic mass is 9.87. The summed E-state index contributed by atoms with van der Waals surface area (Å²) in [6, 6.07) is 0. The smallest absolute Gasteiger partial charge is 0.346 e. The van der Waals surface area contributed by atoms with Crippen LogP contribution in [0.25, 0.3) is 0 Å². The summed E-state index contributed by atoms with van der Waals surface area (Å²) in [7, 11) is 0. The zero-order valence-corrected chi connectivity index (χ0v) is 16.2. The maximum Gasteiger partial charge on any atom is 0.346 e. The molecule has 0 aromatic heterocycles. The fourth-order valence-electron chi connectivity index (χ4n) is 2.89. The van der Waals surface area contributed by atoms with Gasteiger partial charge in [-0.3, -0.25) is 9.59 Å². The molecule has 0 radical (unpaired) electrons. The number of carboxylic acid groups (broad SMARTS) is 3. The number of hydrogen-bond donors (Lipinski definition) is 3. The molecule has 1 rings (SSSR count). The summed E-state index contributed by atoms with van der Waals surface area (Å²) in [6.45, 7) is 3.57. The Labute approximate surface area is 167 Å². The zero-order chi connectivity index (χ0) is 22.1. The molecule has 0 fully saturated rings. The van der Waals surface area contributed by atoms with Gasteiger partial charge in [-0.15, -0.1) is 0 Å². The summed E-state index contributed by atoms with van der Waals surface area (Å²) in [4.78, 5) is 57.8. The van der Waals surface area contributed by atoms with Crippen LogP contribution >= 0.6 is 0 Å². The van der Waals surface area contributed by atoms with Gasteiger partial charge in [0, 0.05) is 12.0 Å². The number of hydrogen-bond acceptors (Lipinski definition) is 6. The first-order valence-electron chi connectivity index (χ1n) is 9.18. The van der Waals surface area contributed by atoms with Gasteiger partial charge < -0.3 is 20.1 Å². The van der Waals surface area contributed by atoms with Crippen molar-refractivity contribution in [3.8, 4) is 0 Å². The number of cyclic esters (lactones) is 2. The van der Waals surface area contributed by atoms with Gasteiger partial charge in [0.2, 0.25) is 0 Å². The molecular formula is C20H24O9. The molecule has 1 heterocycles. The average Bonchev–Trinajstić information content (AvgIpc) is 2.90. The topological polar surface area (TPSA) is 155 Å². The van der Waals surface area contributed by atoms with E-state index in [1.54, 1.807) is 13.0 Å². The molecule has 2 atom stereocenters. The van der Waals surface area contributed by atoms with E-state index in [-0.39, 0.29) is 24.0 Å². The summed E-state index contributed by atoms with van der Waals surface area (Å²) in [5.41, 5.74) is -0.249. The largest absolute Gasteiger partial charge is 0.481 e. The second kappa shape index (κ2) is 10.9. The van der Waals surface area contributed by atoms with E-state index in [2.05, 4.69) is 4.74 Å². The van der Waals surface area contributed by atoms with Gasteiger partial charge in [0.25, 0.3) is 0 Å². The highest BCUT2D eigenvalue weighted by Crippen LogP contribution is 2.29. The quantitative estimate of drug-likeness (QED) is 0.250. The van der Waals surface area contributed by atoms with Crippen LogP contribution in [0.5, 0.6) is 0 Å². The summed E-state index contributed by atoms with van der Waals surface area (Å²) in [6.07, 6.45) is 4.48. The van der Waals surface area contributed by atoms with Crippen molar-refractivity contribution >= 4 is 29.8 Å². The first kappa shape index (κ1) is 23.8. The van der Waals surface area contributed by atoms with E-state index in [0.29, 0.717) is 12.8 Å². The Balaban J connectivity index is 3.26. The number of carbonyl (C=O) groups is 5. The fourth-order valence-corrected chi connectivity index (χ4v) is 2.89. The van der Waals surface area contributed by atoms with Gasteiger partial charge >= 0.3 is 29.8 Å². The van der Waals surface area contributed by atoms with Crippen LogP contribution in [-0.2, 0) is 28.7 Å². The highest BCUT2D eigenvalue weighted by atomic mass is 16.6. The Kier molecular flexibility index (Phi) is 8.98. The minimum Gasteiger partial charge on any atom is -0.481 e. The summed E-state index contributed by atoms with van der Waals surface area (Å²) >= 11 is 0. The van der Waals surface area contributed by atoms with Crippen molar-refractivity contribution in [3.63, 3.8) is 0 Å². The van der Waals surface area contributed by atoms with E-state index < -0.39 is 53.7 Å². The third kappa shape index (κ3) is 6.70. The van der Waals surface area contributed by atoms with E-state index in [1.807, 2.05) is 6.92 Å². The normalized spacial score (nSPS) is 16.8. The Bertz CT molecular complexity index is 786. The van der Waals surface area contributed by atoms with Crippen molar-refractivity contribution < 1.29 is 44.0 Å². The van der Waals surface area contributed by atoms with Crippen molar-refractivity contribution in [1.29, 1.82) is 0 Å². The molecule has 0 aromatic carbocycles. The van der Waals surface area contributed by atoms with Crippen LogP contribution in [-0.4, -0.2) is 45.2 Å². The molecule has 0 aromatic rings. The van der Waals surface area contributed by atoms with Gasteiger partial charge in [-0.1, -0.05) is 32.1 Å². The molecule has 0 bridgehead atoms. The standard InChI is InChI=1S/C20H24O9/c1-3-5-6-13-15(20(28)29-19(13)27)10-11(4-2)9-14(18(25)26)12(17(23)24)7-8-16(21)22/h5-6,9,11-12H,3-4,7-8,10H2,1-2H3,(H,21,22)(H,23,24)(H,25,26)/b6-5+,14-9-. The van der Waals surface area contributed by atoms with Crippen LogP contribution in [0.15, 0.2) is 34.9 Å². The third-order valence-corrected chi connectivity index (χ3v) is 4.47. The molecule has 1 aliphatic rings. The van der Waals surface area contributed by atoms with Gasteiger partial charge in [0.1, 0.15) is 0 Å². The van der Waals surface area contributed by atoms with E-state index in [4.69, 9.17) is 5.11 Å². The zero-order valence-electron chi connectivity index (χ0n) is 16.2. The molecule has 0 aliphatic carbocycles. The number of allylic oxidation sites excluding steroid dienone is 2. The molecule has 9 nitrogen and oxygen atoms in total. The number of rotatable bonds is 12. The SMILES string of the molecule is CC/C=C/C1=C(CC(/C=C(\C(=O)O)C(CCC(=O)O)C(=O)O)CC)C(=O)OC1=O. The van der Waals surface area contributed by atoms with E-state index >= 15 is 0 Å². The predicted molar refractivity (Wildman–Crippen MR) is 99.7 cm³/mol. The minimum absolute atomic E-state index is 0.00743. The fraction of sp³-hybridized carbons (Fsp3) is 0.450. The number of carboxylic acids is 3.